The molecule has 2 N–H and O–H groups in total. The smallest absolute Gasteiger partial charge is 0.261 e. The fourth-order valence-electron chi connectivity index (χ4n) is 5.26. The van der Waals surface area contributed by atoms with Crippen LogP contribution in [0.1, 0.15) is 54.5 Å². The zero-order chi connectivity index (χ0) is 24.7. The Hall–Kier alpha value is -3.25. The van der Waals surface area contributed by atoms with Crippen molar-refractivity contribution >= 4 is 21.4 Å². The highest BCUT2D eigenvalue weighted by Crippen LogP contribution is 2.50. The molecule has 5 rings (SSSR count). The number of aryl methyl sites for hydroxylation is 2. The molecule has 0 saturated carbocycles. The average molecular weight is 489 g/mol. The minimum atomic E-state index is -3.72. The van der Waals surface area contributed by atoms with E-state index in [0.717, 1.165) is 34.5 Å². The molecule has 3 atom stereocenters. The maximum atomic E-state index is 13.3. The summed E-state index contributed by atoms with van der Waals surface area (Å²) in [5, 5.41) is 3.70. The number of nitrogens with one attached hydrogen (secondary N) is 2. The van der Waals surface area contributed by atoms with E-state index in [1.54, 1.807) is 6.07 Å². The lowest BCUT2D eigenvalue weighted by atomic mass is 9.77. The molecular weight excluding hydrogens is 456 g/mol. The first-order valence-electron chi connectivity index (χ1n) is 12.2. The van der Waals surface area contributed by atoms with Gasteiger partial charge in [0.2, 0.25) is 0 Å². The van der Waals surface area contributed by atoms with Gasteiger partial charge in [0.05, 0.1) is 22.7 Å². The van der Waals surface area contributed by atoms with E-state index >= 15 is 0 Å². The van der Waals surface area contributed by atoms with Crippen LogP contribution in [0.15, 0.2) is 77.7 Å². The molecule has 0 amide bonds. The zero-order valence-electron chi connectivity index (χ0n) is 20.6. The Kier molecular flexibility index (Phi) is 6.09. The van der Waals surface area contributed by atoms with Crippen LogP contribution in [-0.2, 0) is 10.0 Å². The second-order valence-electron chi connectivity index (χ2n) is 9.83. The van der Waals surface area contributed by atoms with Gasteiger partial charge in [-0.1, -0.05) is 42.5 Å². The van der Waals surface area contributed by atoms with Gasteiger partial charge in [-0.15, -0.1) is 0 Å². The van der Waals surface area contributed by atoms with Crippen LogP contribution in [0, 0.1) is 19.8 Å². The molecule has 1 aliphatic heterocycles. The van der Waals surface area contributed by atoms with Gasteiger partial charge in [-0.3, -0.25) is 4.72 Å². The third-order valence-electron chi connectivity index (χ3n) is 6.97. The number of fused-ring (bicyclic) bond motifs is 3. The number of para-hydroxylation sites is 1. The largest absolute Gasteiger partial charge is 0.491 e. The highest BCUT2D eigenvalue weighted by Gasteiger charge is 2.38. The van der Waals surface area contributed by atoms with Crippen molar-refractivity contribution in [1.82, 2.24) is 0 Å². The molecule has 3 aromatic rings. The van der Waals surface area contributed by atoms with Gasteiger partial charge < -0.3 is 10.1 Å². The van der Waals surface area contributed by atoms with Gasteiger partial charge in [0, 0.05) is 11.6 Å². The molecular formula is C29H32N2O3S. The van der Waals surface area contributed by atoms with Crippen LogP contribution in [0.2, 0.25) is 0 Å². The number of ether oxygens (including phenoxy) is 1. The number of rotatable bonds is 6. The van der Waals surface area contributed by atoms with E-state index in [1.165, 1.54) is 5.56 Å². The van der Waals surface area contributed by atoms with Crippen molar-refractivity contribution < 1.29 is 13.2 Å². The van der Waals surface area contributed by atoms with Gasteiger partial charge in [0.15, 0.2) is 0 Å². The van der Waals surface area contributed by atoms with Crippen molar-refractivity contribution in [3.63, 3.8) is 0 Å². The summed E-state index contributed by atoms with van der Waals surface area (Å²) in [5.74, 6) is 1.36. The summed E-state index contributed by atoms with van der Waals surface area (Å²) in [6, 6.07) is 19.6. The molecule has 0 aromatic heterocycles. The Balaban J connectivity index is 1.45. The van der Waals surface area contributed by atoms with Crippen LogP contribution >= 0.6 is 0 Å². The molecule has 0 spiro atoms. The Bertz CT molecular complexity index is 1360. The fraction of sp³-hybridized carbons (Fsp3) is 0.310. The molecule has 1 heterocycles. The Morgan fingerprint density at radius 2 is 1.71 bits per heavy atom. The molecule has 6 heteroatoms. The molecule has 182 valence electrons. The van der Waals surface area contributed by atoms with Crippen molar-refractivity contribution in [3.05, 3.63) is 95.1 Å². The van der Waals surface area contributed by atoms with E-state index in [2.05, 4.69) is 34.3 Å². The summed E-state index contributed by atoms with van der Waals surface area (Å²) in [7, 11) is -3.72. The maximum Gasteiger partial charge on any atom is 0.261 e. The minimum absolute atomic E-state index is 0.138. The lowest BCUT2D eigenvalue weighted by molar-refractivity contribution is 0.242. The average Bonchev–Trinajstić information content (AvgIpc) is 3.31. The highest BCUT2D eigenvalue weighted by atomic mass is 32.2. The van der Waals surface area contributed by atoms with Gasteiger partial charge in [-0.2, -0.15) is 0 Å². The number of allylic oxidation sites excluding steroid dienone is 2. The molecule has 5 nitrogen and oxygen atoms in total. The first-order valence-corrected chi connectivity index (χ1v) is 13.6. The van der Waals surface area contributed by atoms with Crippen molar-refractivity contribution in [2.75, 3.05) is 10.0 Å². The third kappa shape index (κ3) is 4.55. The van der Waals surface area contributed by atoms with Crippen molar-refractivity contribution in [1.29, 1.82) is 0 Å². The maximum absolute atomic E-state index is 13.3. The number of hydrogen-bond acceptors (Lipinski definition) is 4. The van der Waals surface area contributed by atoms with E-state index in [4.69, 9.17) is 4.74 Å². The van der Waals surface area contributed by atoms with E-state index in [9.17, 15) is 8.42 Å². The Morgan fingerprint density at radius 3 is 2.40 bits per heavy atom. The van der Waals surface area contributed by atoms with Crippen LogP contribution in [-0.4, -0.2) is 14.5 Å². The SMILES string of the molecule is Cc1cccc(C)c1NS(=O)(=O)c1ccc2c(c1)[C@H]1C=CC[C@H]1[C@@H](c1ccc(OC(C)C)cc1)N2. The zero-order valence-corrected chi connectivity index (χ0v) is 21.4. The van der Waals surface area contributed by atoms with Crippen LogP contribution in [0.5, 0.6) is 5.75 Å². The fourth-order valence-corrected chi connectivity index (χ4v) is 6.50. The summed E-state index contributed by atoms with van der Waals surface area (Å²) in [5.41, 5.74) is 5.67. The topological polar surface area (TPSA) is 67.4 Å². The van der Waals surface area contributed by atoms with Gasteiger partial charge in [0.25, 0.3) is 10.0 Å². The van der Waals surface area contributed by atoms with Gasteiger partial charge >= 0.3 is 0 Å². The van der Waals surface area contributed by atoms with Gasteiger partial charge in [-0.25, -0.2) is 8.42 Å². The van der Waals surface area contributed by atoms with E-state index in [0.29, 0.717) is 11.6 Å². The molecule has 0 unspecified atom stereocenters. The van der Waals surface area contributed by atoms with Gasteiger partial charge in [-0.05, 0) is 92.6 Å². The first kappa shape index (κ1) is 23.5. The number of sulfonamides is 1. The first-order chi connectivity index (χ1) is 16.7. The van der Waals surface area contributed by atoms with E-state index < -0.39 is 10.0 Å². The molecule has 1 aliphatic carbocycles. The summed E-state index contributed by atoms with van der Waals surface area (Å²) in [4.78, 5) is 0.286. The molecule has 0 saturated heterocycles. The summed E-state index contributed by atoms with van der Waals surface area (Å²) in [6.45, 7) is 7.87. The van der Waals surface area contributed by atoms with Crippen LogP contribution in [0.3, 0.4) is 0 Å². The molecule has 3 aromatic carbocycles. The van der Waals surface area contributed by atoms with E-state index in [1.807, 2.05) is 70.2 Å². The molecule has 0 bridgehead atoms. The molecule has 0 radical (unpaired) electrons. The molecule has 2 aliphatic rings. The number of benzene rings is 3. The molecule has 0 fully saturated rings. The summed E-state index contributed by atoms with van der Waals surface area (Å²) in [6.07, 6.45) is 5.52. The summed E-state index contributed by atoms with van der Waals surface area (Å²) < 4.78 is 35.3. The van der Waals surface area contributed by atoms with Crippen LogP contribution in [0.4, 0.5) is 11.4 Å². The Morgan fingerprint density at radius 1 is 1.00 bits per heavy atom. The van der Waals surface area contributed by atoms with Gasteiger partial charge in [0.1, 0.15) is 5.75 Å². The van der Waals surface area contributed by atoms with Crippen molar-refractivity contribution in [3.8, 4) is 5.75 Å². The normalized spacial score (nSPS) is 20.8. The van der Waals surface area contributed by atoms with Crippen molar-refractivity contribution in [2.24, 2.45) is 5.92 Å². The lowest BCUT2D eigenvalue weighted by Crippen LogP contribution is -2.29. The number of anilines is 2. The predicted molar refractivity (Wildman–Crippen MR) is 142 cm³/mol. The Labute approximate surface area is 208 Å². The van der Waals surface area contributed by atoms with Crippen LogP contribution < -0.4 is 14.8 Å². The second-order valence-corrected chi connectivity index (χ2v) is 11.5. The monoisotopic (exact) mass is 488 g/mol. The van der Waals surface area contributed by atoms with E-state index in [-0.39, 0.29) is 23.0 Å². The highest BCUT2D eigenvalue weighted by molar-refractivity contribution is 7.92. The quantitative estimate of drug-likeness (QED) is 0.378. The third-order valence-corrected chi connectivity index (χ3v) is 8.32. The van der Waals surface area contributed by atoms with Crippen molar-refractivity contribution in [2.45, 2.75) is 57.1 Å². The standard InChI is InChI=1S/C29H32N2O3S/c1-18(2)34-22-13-11-21(12-14-22)29-25-10-6-9-24(25)26-17-23(15-16-27(26)30-29)35(32,33)31-28-19(3)7-5-8-20(28)4/h5-9,11-18,24-25,29-31H,10H2,1-4H3/t24-,25+,29+/m0/s1. The summed E-state index contributed by atoms with van der Waals surface area (Å²) >= 11 is 0. The molecule has 35 heavy (non-hydrogen) atoms. The van der Waals surface area contributed by atoms with Crippen LogP contribution in [0.25, 0.3) is 0 Å². The minimum Gasteiger partial charge on any atom is -0.491 e. The second kappa shape index (κ2) is 9.08. The number of hydrogen-bond donors (Lipinski definition) is 2. The lowest BCUT2D eigenvalue weighted by Gasteiger charge is -2.37. The predicted octanol–water partition coefficient (Wildman–Crippen LogP) is 6.72.